The van der Waals surface area contributed by atoms with Crippen LogP contribution < -0.4 is 0 Å². The monoisotopic (exact) mass is 307 g/mol. The van der Waals surface area contributed by atoms with E-state index >= 15 is 0 Å². The Balaban J connectivity index is 3.45. The van der Waals surface area contributed by atoms with Crippen LogP contribution in [0.25, 0.3) is 0 Å². The van der Waals surface area contributed by atoms with Crippen LogP contribution in [0.4, 0.5) is 4.39 Å². The Morgan fingerprint density at radius 3 is 2.05 bits per heavy atom. The topological polar surface area (TPSA) is 37.4 Å². The first kappa shape index (κ1) is 16.4. The van der Waals surface area contributed by atoms with E-state index < -0.39 is 21.4 Å². The van der Waals surface area contributed by atoms with Gasteiger partial charge in [-0.2, -0.15) is 4.31 Å². The van der Waals surface area contributed by atoms with Crippen LogP contribution in [0.3, 0.4) is 0 Å². The summed E-state index contributed by atoms with van der Waals surface area (Å²) in [5, 5.41) is 0. The Morgan fingerprint density at radius 2 is 1.68 bits per heavy atom. The highest BCUT2D eigenvalue weighted by Crippen LogP contribution is 2.28. The van der Waals surface area contributed by atoms with E-state index in [1.54, 1.807) is 27.7 Å². The van der Waals surface area contributed by atoms with E-state index in [1.807, 2.05) is 0 Å². The Morgan fingerprint density at radius 1 is 1.26 bits per heavy atom. The number of nitrogens with zero attached hydrogens (tertiary/aromatic N) is 1. The Bertz CT molecular complexity index is 561. The van der Waals surface area contributed by atoms with Gasteiger partial charge in [0.05, 0.1) is 4.90 Å². The highest BCUT2D eigenvalue weighted by Gasteiger charge is 2.35. The number of rotatable bonds is 4. The Hall–Kier alpha value is -0.650. The van der Waals surface area contributed by atoms with Crippen LogP contribution in [0.1, 0.15) is 25.0 Å². The lowest BCUT2D eigenvalue weighted by atomic mass is 10.1. The molecule has 1 aromatic rings. The summed E-state index contributed by atoms with van der Waals surface area (Å²) in [4.78, 5) is 0.148. The smallest absolute Gasteiger partial charge is 0.207 e. The molecule has 1 aromatic carbocycles. The number of hydrogen-bond acceptors (Lipinski definition) is 2. The quantitative estimate of drug-likeness (QED) is 0.802. The molecule has 6 heteroatoms. The van der Waals surface area contributed by atoms with Crippen molar-refractivity contribution in [1.82, 2.24) is 4.31 Å². The van der Waals surface area contributed by atoms with Crippen molar-refractivity contribution in [2.24, 2.45) is 0 Å². The van der Waals surface area contributed by atoms with E-state index in [4.69, 9.17) is 11.6 Å². The lowest BCUT2D eigenvalue weighted by Crippen LogP contribution is -2.46. The molecule has 0 unspecified atom stereocenters. The zero-order valence-electron chi connectivity index (χ0n) is 11.8. The maximum atomic E-state index is 13.3. The van der Waals surface area contributed by atoms with E-state index in [-0.39, 0.29) is 10.8 Å². The molecule has 0 saturated carbocycles. The molecule has 0 aliphatic heterocycles. The van der Waals surface area contributed by atoms with E-state index in [0.717, 1.165) is 0 Å². The minimum absolute atomic E-state index is 0.148. The standard InChI is InChI=1S/C13H19ClFNO2S/c1-9-6-11(15)7-10(2)12(9)19(17,18)16(5)13(3,4)8-14/h6-7H,8H2,1-5H3. The first-order chi connectivity index (χ1) is 8.54. The summed E-state index contributed by atoms with van der Waals surface area (Å²) in [5.41, 5.74) is 0.0812. The van der Waals surface area contributed by atoms with Gasteiger partial charge >= 0.3 is 0 Å². The zero-order valence-corrected chi connectivity index (χ0v) is 13.4. The number of benzene rings is 1. The molecule has 0 bridgehead atoms. The molecule has 19 heavy (non-hydrogen) atoms. The Labute approximate surface area is 119 Å². The predicted molar refractivity (Wildman–Crippen MR) is 75.6 cm³/mol. The largest absolute Gasteiger partial charge is 0.243 e. The maximum absolute atomic E-state index is 13.3. The second-order valence-electron chi connectivity index (χ2n) is 5.29. The molecule has 0 aromatic heterocycles. The van der Waals surface area contributed by atoms with Crippen LogP contribution in [0.15, 0.2) is 17.0 Å². The van der Waals surface area contributed by atoms with Crippen LogP contribution in [-0.2, 0) is 10.0 Å². The second-order valence-corrected chi connectivity index (χ2v) is 7.46. The van der Waals surface area contributed by atoms with Crippen LogP contribution in [0.5, 0.6) is 0 Å². The minimum atomic E-state index is -3.70. The van der Waals surface area contributed by atoms with Gasteiger partial charge in [0.25, 0.3) is 0 Å². The molecule has 0 radical (unpaired) electrons. The molecular weight excluding hydrogens is 289 g/mol. The molecule has 0 N–H and O–H groups in total. The van der Waals surface area contributed by atoms with Gasteiger partial charge in [0.2, 0.25) is 10.0 Å². The minimum Gasteiger partial charge on any atom is -0.207 e. The zero-order chi connectivity index (χ0) is 15.0. The van der Waals surface area contributed by atoms with Crippen molar-refractivity contribution in [3.63, 3.8) is 0 Å². The van der Waals surface area contributed by atoms with Crippen molar-refractivity contribution in [2.75, 3.05) is 12.9 Å². The fourth-order valence-electron chi connectivity index (χ4n) is 1.85. The van der Waals surface area contributed by atoms with E-state index in [0.29, 0.717) is 11.1 Å². The third-order valence-corrected chi connectivity index (χ3v) is 6.25. The molecule has 3 nitrogen and oxygen atoms in total. The molecule has 0 spiro atoms. The number of sulfonamides is 1. The second kappa shape index (κ2) is 5.38. The molecule has 0 atom stereocenters. The van der Waals surface area contributed by atoms with Gasteiger partial charge in [-0.1, -0.05) is 0 Å². The van der Waals surface area contributed by atoms with E-state index in [9.17, 15) is 12.8 Å². The molecular formula is C13H19ClFNO2S. The summed E-state index contributed by atoms with van der Waals surface area (Å²) in [6.07, 6.45) is 0. The average Bonchev–Trinajstić information content (AvgIpc) is 2.26. The molecule has 0 heterocycles. The number of alkyl halides is 1. The predicted octanol–water partition coefficient (Wildman–Crippen LogP) is 3.08. The molecule has 0 amide bonds. The first-order valence-electron chi connectivity index (χ1n) is 5.86. The molecule has 0 saturated heterocycles. The third-order valence-electron chi connectivity index (χ3n) is 3.22. The highest BCUT2D eigenvalue weighted by atomic mass is 35.5. The first-order valence-corrected chi connectivity index (χ1v) is 7.83. The van der Waals surface area contributed by atoms with Gasteiger partial charge < -0.3 is 0 Å². The van der Waals surface area contributed by atoms with Crippen molar-refractivity contribution in [2.45, 2.75) is 38.1 Å². The van der Waals surface area contributed by atoms with Crippen LogP contribution in [0.2, 0.25) is 0 Å². The number of aryl methyl sites for hydroxylation is 2. The van der Waals surface area contributed by atoms with E-state index in [2.05, 4.69) is 0 Å². The van der Waals surface area contributed by atoms with Crippen molar-refractivity contribution in [3.8, 4) is 0 Å². The third kappa shape index (κ3) is 3.09. The van der Waals surface area contributed by atoms with E-state index in [1.165, 1.54) is 23.5 Å². The maximum Gasteiger partial charge on any atom is 0.243 e. The van der Waals surface area contributed by atoms with Crippen LogP contribution in [-0.4, -0.2) is 31.2 Å². The number of halogens is 2. The summed E-state index contributed by atoms with van der Waals surface area (Å²) in [6.45, 7) is 6.66. The summed E-state index contributed by atoms with van der Waals surface area (Å²) in [5.74, 6) is -0.268. The van der Waals surface area contributed by atoms with Gasteiger partial charge in [-0.15, -0.1) is 11.6 Å². The van der Waals surface area contributed by atoms with Crippen molar-refractivity contribution >= 4 is 21.6 Å². The van der Waals surface area contributed by atoms with Gasteiger partial charge in [0, 0.05) is 18.5 Å². The van der Waals surface area contributed by atoms with Crippen LogP contribution >= 0.6 is 11.6 Å². The lowest BCUT2D eigenvalue weighted by molar-refractivity contribution is 0.295. The van der Waals surface area contributed by atoms with Crippen molar-refractivity contribution in [3.05, 3.63) is 29.1 Å². The fraction of sp³-hybridized carbons (Fsp3) is 0.538. The fourth-order valence-corrected chi connectivity index (χ4v) is 4.02. The Kier molecular flexibility index (Phi) is 4.65. The van der Waals surface area contributed by atoms with Crippen LogP contribution in [0, 0.1) is 19.7 Å². The summed E-state index contributed by atoms with van der Waals surface area (Å²) < 4.78 is 39.8. The molecule has 0 fully saturated rings. The average molecular weight is 308 g/mol. The normalized spacial score (nSPS) is 13.1. The van der Waals surface area contributed by atoms with Gasteiger partial charge in [0.1, 0.15) is 5.82 Å². The molecule has 1 rings (SSSR count). The SMILES string of the molecule is Cc1cc(F)cc(C)c1S(=O)(=O)N(C)C(C)(C)CCl. The molecule has 108 valence electrons. The number of hydrogen-bond donors (Lipinski definition) is 0. The summed E-state index contributed by atoms with van der Waals surface area (Å²) in [7, 11) is -2.22. The van der Waals surface area contributed by atoms with Gasteiger partial charge in [0.15, 0.2) is 0 Å². The molecule has 0 aliphatic rings. The van der Waals surface area contributed by atoms with Crippen molar-refractivity contribution in [1.29, 1.82) is 0 Å². The van der Waals surface area contributed by atoms with Crippen molar-refractivity contribution < 1.29 is 12.8 Å². The molecule has 0 aliphatic carbocycles. The van der Waals surface area contributed by atoms with Gasteiger partial charge in [-0.05, 0) is 51.0 Å². The lowest BCUT2D eigenvalue weighted by Gasteiger charge is -2.33. The summed E-state index contributed by atoms with van der Waals surface area (Å²) >= 11 is 5.82. The van der Waals surface area contributed by atoms with Gasteiger partial charge in [-0.3, -0.25) is 0 Å². The summed E-state index contributed by atoms with van der Waals surface area (Å²) in [6, 6.07) is 2.45. The van der Waals surface area contributed by atoms with Gasteiger partial charge in [-0.25, -0.2) is 12.8 Å². The highest BCUT2D eigenvalue weighted by molar-refractivity contribution is 7.89.